The van der Waals surface area contributed by atoms with E-state index in [0.717, 1.165) is 12.8 Å². The Balaban J connectivity index is 2.26. The van der Waals surface area contributed by atoms with Gasteiger partial charge in [0.15, 0.2) is 0 Å². The molecule has 0 bridgehead atoms. The maximum atomic E-state index is 12.7. The fraction of sp³-hybridized carbons (Fsp3) is 0.500. The molecule has 0 spiro atoms. The number of methoxy groups -OCH3 is 1. The summed E-state index contributed by atoms with van der Waals surface area (Å²) in [6, 6.07) is 4.96. The zero-order valence-electron chi connectivity index (χ0n) is 12.2. The van der Waals surface area contributed by atoms with Gasteiger partial charge in [-0.2, -0.15) is 4.31 Å². The van der Waals surface area contributed by atoms with Crippen LogP contribution in [0.1, 0.15) is 24.0 Å². The molecule has 1 aromatic carbocycles. The molecule has 0 amide bonds. The van der Waals surface area contributed by atoms with Gasteiger partial charge in [-0.3, -0.25) is 0 Å². The lowest BCUT2D eigenvalue weighted by Crippen LogP contribution is -2.40. The van der Waals surface area contributed by atoms with Crippen LogP contribution in [0.2, 0.25) is 0 Å². The number of benzene rings is 1. The largest absolute Gasteiger partial charge is 0.389 e. The highest BCUT2D eigenvalue weighted by molar-refractivity contribution is 7.89. The van der Waals surface area contributed by atoms with Crippen molar-refractivity contribution in [3.05, 3.63) is 29.3 Å². The molecule has 116 valence electrons. The lowest BCUT2D eigenvalue weighted by Gasteiger charge is -2.30. The topological polar surface area (TPSA) is 72.6 Å². The number of aryl methyl sites for hydroxylation is 1. The number of nitrogens with two attached hydrogens (primary N) is 1. The van der Waals surface area contributed by atoms with Crippen molar-refractivity contribution in [3.63, 3.8) is 0 Å². The van der Waals surface area contributed by atoms with Crippen LogP contribution in [0.3, 0.4) is 0 Å². The first-order valence-corrected chi connectivity index (χ1v) is 8.64. The van der Waals surface area contributed by atoms with Crippen molar-refractivity contribution in [2.75, 3.05) is 20.2 Å². The summed E-state index contributed by atoms with van der Waals surface area (Å²) >= 11 is 4.91. The molecule has 21 heavy (non-hydrogen) atoms. The highest BCUT2D eigenvalue weighted by Crippen LogP contribution is 2.24. The van der Waals surface area contributed by atoms with Gasteiger partial charge in [0.05, 0.1) is 11.0 Å². The molecule has 1 fully saturated rings. The third kappa shape index (κ3) is 3.42. The molecule has 0 aromatic heterocycles. The number of sulfonamides is 1. The molecule has 0 unspecified atom stereocenters. The Labute approximate surface area is 131 Å². The minimum atomic E-state index is -3.47. The summed E-state index contributed by atoms with van der Waals surface area (Å²) in [5.74, 6) is 0. The van der Waals surface area contributed by atoms with Crippen molar-refractivity contribution in [1.29, 1.82) is 0 Å². The minimum Gasteiger partial charge on any atom is -0.389 e. The molecule has 1 aliphatic heterocycles. The van der Waals surface area contributed by atoms with Crippen LogP contribution in [0.4, 0.5) is 0 Å². The molecular formula is C14H20N2O3S2. The zero-order valence-corrected chi connectivity index (χ0v) is 13.8. The van der Waals surface area contributed by atoms with Crippen LogP contribution in [0.25, 0.3) is 0 Å². The number of thiocarbonyl (C=S) groups is 1. The molecule has 5 nitrogen and oxygen atoms in total. The molecular weight excluding hydrogens is 308 g/mol. The van der Waals surface area contributed by atoms with Gasteiger partial charge in [0, 0.05) is 25.8 Å². The van der Waals surface area contributed by atoms with Gasteiger partial charge in [-0.25, -0.2) is 8.42 Å². The SMILES string of the molecule is COC1CCN(S(=O)(=O)c2ccc(C(N)=S)cc2C)CC1. The maximum Gasteiger partial charge on any atom is 0.243 e. The molecule has 7 heteroatoms. The van der Waals surface area contributed by atoms with Crippen LogP contribution in [-0.2, 0) is 14.8 Å². The molecule has 2 N–H and O–H groups in total. The lowest BCUT2D eigenvalue weighted by molar-refractivity contribution is 0.0604. The van der Waals surface area contributed by atoms with Crippen LogP contribution in [0, 0.1) is 6.92 Å². The highest BCUT2D eigenvalue weighted by atomic mass is 32.2. The predicted molar refractivity (Wildman–Crippen MR) is 85.9 cm³/mol. The Morgan fingerprint density at radius 1 is 1.38 bits per heavy atom. The van der Waals surface area contributed by atoms with E-state index in [4.69, 9.17) is 22.7 Å². The fourth-order valence-corrected chi connectivity index (χ4v) is 4.34. The van der Waals surface area contributed by atoms with Crippen molar-refractivity contribution in [3.8, 4) is 0 Å². The first kappa shape index (κ1) is 16.4. The molecule has 1 aromatic rings. The van der Waals surface area contributed by atoms with E-state index < -0.39 is 10.0 Å². The Bertz CT molecular complexity index is 636. The summed E-state index contributed by atoms with van der Waals surface area (Å²) in [6.07, 6.45) is 1.59. The predicted octanol–water partition coefficient (Wildman–Crippen LogP) is 1.43. The molecule has 0 saturated carbocycles. The third-order valence-electron chi connectivity index (χ3n) is 3.81. The molecule has 1 heterocycles. The molecule has 2 rings (SSSR count). The Hall–Kier alpha value is -1.02. The lowest BCUT2D eigenvalue weighted by atomic mass is 10.1. The van der Waals surface area contributed by atoms with Gasteiger partial charge in [-0.05, 0) is 37.5 Å². The van der Waals surface area contributed by atoms with Gasteiger partial charge in [0.25, 0.3) is 0 Å². The third-order valence-corrected chi connectivity index (χ3v) is 6.11. The minimum absolute atomic E-state index is 0.148. The summed E-state index contributed by atoms with van der Waals surface area (Å²) < 4.78 is 32.2. The Morgan fingerprint density at radius 3 is 2.48 bits per heavy atom. The van der Waals surface area contributed by atoms with Crippen LogP contribution in [0.15, 0.2) is 23.1 Å². The number of hydrogen-bond acceptors (Lipinski definition) is 4. The van der Waals surface area contributed by atoms with Crippen molar-refractivity contribution in [2.24, 2.45) is 5.73 Å². The molecule has 1 saturated heterocycles. The van der Waals surface area contributed by atoms with Crippen LogP contribution >= 0.6 is 12.2 Å². The van der Waals surface area contributed by atoms with Gasteiger partial charge < -0.3 is 10.5 Å². The maximum absolute atomic E-state index is 12.7. The van der Waals surface area contributed by atoms with E-state index in [1.54, 1.807) is 32.2 Å². The van der Waals surface area contributed by atoms with E-state index >= 15 is 0 Å². The number of ether oxygens (including phenoxy) is 1. The average Bonchev–Trinajstić information content (AvgIpc) is 2.46. The van der Waals surface area contributed by atoms with Crippen LogP contribution in [-0.4, -0.2) is 44.0 Å². The quantitative estimate of drug-likeness (QED) is 0.847. The van der Waals surface area contributed by atoms with E-state index in [0.29, 0.717) is 29.1 Å². The van der Waals surface area contributed by atoms with Gasteiger partial charge in [-0.15, -0.1) is 0 Å². The molecule has 0 radical (unpaired) electrons. The van der Waals surface area contributed by atoms with Crippen molar-refractivity contribution >= 4 is 27.2 Å². The summed E-state index contributed by atoms with van der Waals surface area (Å²) in [4.78, 5) is 0.585. The van der Waals surface area contributed by atoms with Gasteiger partial charge in [-0.1, -0.05) is 18.3 Å². The summed E-state index contributed by atoms with van der Waals surface area (Å²) in [5, 5.41) is 0. The van der Waals surface area contributed by atoms with Gasteiger partial charge in [0.1, 0.15) is 4.99 Å². The number of rotatable bonds is 4. The van der Waals surface area contributed by atoms with E-state index in [2.05, 4.69) is 0 Å². The molecule has 0 aliphatic carbocycles. The summed E-state index contributed by atoms with van der Waals surface area (Å²) in [7, 11) is -1.81. The van der Waals surface area contributed by atoms with E-state index in [-0.39, 0.29) is 11.1 Å². The standard InChI is InChI=1S/C14H20N2O3S2/c1-10-9-11(14(15)20)3-4-13(10)21(17,18)16-7-5-12(19-2)6-8-16/h3-4,9,12H,5-8H2,1-2H3,(H2,15,20). The first-order valence-electron chi connectivity index (χ1n) is 6.79. The van der Waals surface area contributed by atoms with E-state index in [1.807, 2.05) is 0 Å². The zero-order chi connectivity index (χ0) is 15.6. The number of piperidine rings is 1. The first-order chi connectivity index (χ1) is 9.86. The number of hydrogen-bond donors (Lipinski definition) is 1. The van der Waals surface area contributed by atoms with E-state index in [1.165, 1.54) is 4.31 Å². The van der Waals surface area contributed by atoms with Crippen LogP contribution in [0.5, 0.6) is 0 Å². The van der Waals surface area contributed by atoms with Crippen molar-refractivity contribution in [1.82, 2.24) is 4.31 Å². The Kier molecular flexibility index (Phi) is 4.98. The second-order valence-electron chi connectivity index (χ2n) is 5.18. The monoisotopic (exact) mass is 328 g/mol. The fourth-order valence-electron chi connectivity index (χ4n) is 2.54. The Morgan fingerprint density at radius 2 is 2.00 bits per heavy atom. The van der Waals surface area contributed by atoms with Crippen molar-refractivity contribution < 1.29 is 13.2 Å². The second kappa shape index (κ2) is 6.39. The van der Waals surface area contributed by atoms with Crippen molar-refractivity contribution in [2.45, 2.75) is 30.8 Å². The summed E-state index contributed by atoms with van der Waals surface area (Å²) in [6.45, 7) is 2.73. The summed E-state index contributed by atoms with van der Waals surface area (Å²) in [5.41, 5.74) is 6.91. The molecule has 0 atom stereocenters. The smallest absolute Gasteiger partial charge is 0.243 e. The van der Waals surface area contributed by atoms with Gasteiger partial charge >= 0.3 is 0 Å². The average molecular weight is 328 g/mol. The van der Waals surface area contributed by atoms with Gasteiger partial charge in [0.2, 0.25) is 10.0 Å². The number of nitrogens with zero attached hydrogens (tertiary/aromatic N) is 1. The van der Waals surface area contributed by atoms with Crippen LogP contribution < -0.4 is 5.73 Å². The van der Waals surface area contributed by atoms with E-state index in [9.17, 15) is 8.42 Å². The molecule has 1 aliphatic rings. The second-order valence-corrected chi connectivity index (χ2v) is 7.53. The normalized spacial score (nSPS) is 17.8. The highest BCUT2D eigenvalue weighted by Gasteiger charge is 2.30.